The van der Waals surface area contributed by atoms with Crippen molar-refractivity contribution in [3.63, 3.8) is 0 Å². The van der Waals surface area contributed by atoms with Crippen LogP contribution in [-0.4, -0.2) is 43.9 Å². The van der Waals surface area contributed by atoms with Crippen LogP contribution in [0.2, 0.25) is 0 Å². The second-order valence-corrected chi connectivity index (χ2v) is 6.84. The Hall–Kier alpha value is -3.48. The number of aliphatic hydroxyl groups is 1. The van der Waals surface area contributed by atoms with Gasteiger partial charge in [-0.1, -0.05) is 0 Å². The van der Waals surface area contributed by atoms with Gasteiger partial charge in [0.15, 0.2) is 11.5 Å². The minimum atomic E-state index is -0.805. The summed E-state index contributed by atoms with van der Waals surface area (Å²) in [5, 5.41) is 14.1. The summed E-state index contributed by atoms with van der Waals surface area (Å²) < 4.78 is 17.8. The molecule has 4 rings (SSSR count). The molecule has 0 aliphatic rings. The molecular weight excluding hydrogens is 373 g/mol. The third kappa shape index (κ3) is 3.08. The van der Waals surface area contributed by atoms with Crippen molar-refractivity contribution in [2.45, 2.75) is 12.6 Å². The molecule has 3 aromatic heterocycles. The summed E-state index contributed by atoms with van der Waals surface area (Å²) in [5.41, 5.74) is 9.19. The normalized spacial score (nSPS) is 12.4. The first-order valence-electron chi connectivity index (χ1n) is 9.05. The largest absolute Gasteiger partial charge is 0.390 e. The molecule has 4 N–H and O–H groups in total. The SMILES string of the molecule is [C-]#[N+]c1cc(F)cc(-c2cc3c4c(ncn4C)c(NC)nc3n2CC(O)CN)c1. The Bertz CT molecular complexity index is 1270. The number of benzene rings is 1. The lowest BCUT2D eigenvalue weighted by Gasteiger charge is -2.15. The fourth-order valence-corrected chi connectivity index (χ4v) is 3.58. The van der Waals surface area contributed by atoms with E-state index in [1.54, 1.807) is 19.4 Å². The summed E-state index contributed by atoms with van der Waals surface area (Å²) in [4.78, 5) is 12.5. The molecule has 1 atom stereocenters. The van der Waals surface area contributed by atoms with E-state index in [0.717, 1.165) is 10.9 Å². The van der Waals surface area contributed by atoms with Crippen LogP contribution < -0.4 is 11.1 Å². The number of rotatable bonds is 5. The predicted molar refractivity (Wildman–Crippen MR) is 110 cm³/mol. The zero-order chi connectivity index (χ0) is 20.7. The van der Waals surface area contributed by atoms with Gasteiger partial charge in [-0.05, 0) is 29.8 Å². The second kappa shape index (κ2) is 7.16. The van der Waals surface area contributed by atoms with Crippen molar-refractivity contribution in [2.75, 3.05) is 18.9 Å². The summed E-state index contributed by atoms with van der Waals surface area (Å²) in [6, 6.07) is 6.06. The lowest BCUT2D eigenvalue weighted by molar-refractivity contribution is 0.164. The molecule has 29 heavy (non-hydrogen) atoms. The van der Waals surface area contributed by atoms with Crippen molar-refractivity contribution in [2.24, 2.45) is 12.8 Å². The first-order chi connectivity index (χ1) is 14.0. The Morgan fingerprint density at radius 3 is 2.83 bits per heavy atom. The number of fused-ring (bicyclic) bond motifs is 3. The standard InChI is InChI=1S/C20H20FN7O/c1-23-13-5-11(4-12(21)6-13)16-7-15-18-17(25-10-27(18)3)19(24-2)26-20(15)28(16)9-14(29)8-22/h4-7,10,14,29H,8-9,22H2,2-3H3,(H,24,26). The molecule has 0 bridgehead atoms. The van der Waals surface area contributed by atoms with E-state index in [-0.39, 0.29) is 18.8 Å². The van der Waals surface area contributed by atoms with Crippen molar-refractivity contribution < 1.29 is 9.50 Å². The number of hydrogen-bond acceptors (Lipinski definition) is 5. The summed E-state index contributed by atoms with van der Waals surface area (Å²) >= 11 is 0. The van der Waals surface area contributed by atoms with E-state index in [9.17, 15) is 9.50 Å². The van der Waals surface area contributed by atoms with E-state index in [2.05, 4.69) is 15.1 Å². The van der Waals surface area contributed by atoms with Crippen molar-refractivity contribution >= 4 is 33.6 Å². The highest BCUT2D eigenvalue weighted by Crippen LogP contribution is 2.35. The summed E-state index contributed by atoms with van der Waals surface area (Å²) in [6.45, 7) is 7.49. The molecule has 0 spiro atoms. The Morgan fingerprint density at radius 2 is 2.14 bits per heavy atom. The van der Waals surface area contributed by atoms with Crippen LogP contribution >= 0.6 is 0 Å². The van der Waals surface area contributed by atoms with Gasteiger partial charge in [-0.25, -0.2) is 19.2 Å². The van der Waals surface area contributed by atoms with Crippen molar-refractivity contribution in [1.29, 1.82) is 0 Å². The maximum atomic E-state index is 14.1. The Morgan fingerprint density at radius 1 is 1.34 bits per heavy atom. The molecule has 0 radical (unpaired) electrons. The van der Waals surface area contributed by atoms with E-state index in [1.165, 1.54) is 12.1 Å². The Labute approximate surface area is 166 Å². The fourth-order valence-electron chi connectivity index (χ4n) is 3.58. The number of nitrogens with zero attached hydrogens (tertiary/aromatic N) is 5. The van der Waals surface area contributed by atoms with Crippen LogP contribution in [0.4, 0.5) is 15.9 Å². The number of hydrogen-bond donors (Lipinski definition) is 3. The number of aromatic nitrogens is 4. The molecule has 0 saturated heterocycles. The molecule has 3 heterocycles. The summed E-state index contributed by atoms with van der Waals surface area (Å²) in [6.07, 6.45) is 0.901. The maximum Gasteiger partial charge on any atom is 0.190 e. The zero-order valence-electron chi connectivity index (χ0n) is 16.0. The van der Waals surface area contributed by atoms with Gasteiger partial charge in [0.05, 0.1) is 31.1 Å². The quantitative estimate of drug-likeness (QED) is 0.453. The van der Waals surface area contributed by atoms with Crippen LogP contribution in [0, 0.1) is 12.4 Å². The molecule has 0 aliphatic heterocycles. The molecule has 0 amide bonds. The number of imidazole rings is 1. The van der Waals surface area contributed by atoms with Gasteiger partial charge in [-0.15, -0.1) is 0 Å². The molecule has 8 nitrogen and oxygen atoms in total. The van der Waals surface area contributed by atoms with Crippen LogP contribution in [-0.2, 0) is 13.6 Å². The monoisotopic (exact) mass is 393 g/mol. The first-order valence-corrected chi connectivity index (χ1v) is 9.05. The number of aliphatic hydroxyl groups excluding tert-OH is 1. The van der Waals surface area contributed by atoms with Gasteiger partial charge in [0.25, 0.3) is 0 Å². The highest BCUT2D eigenvalue weighted by Gasteiger charge is 2.21. The second-order valence-electron chi connectivity index (χ2n) is 6.84. The molecule has 1 aromatic carbocycles. The maximum absolute atomic E-state index is 14.1. The van der Waals surface area contributed by atoms with Gasteiger partial charge in [-0.3, -0.25) is 0 Å². The molecular formula is C20H20FN7O. The Kier molecular flexibility index (Phi) is 4.66. The zero-order valence-corrected chi connectivity index (χ0v) is 16.0. The average Bonchev–Trinajstić information content (AvgIpc) is 3.27. The van der Waals surface area contributed by atoms with Crippen LogP contribution in [0.5, 0.6) is 0 Å². The summed E-state index contributed by atoms with van der Waals surface area (Å²) in [5.74, 6) is 0.0987. The van der Waals surface area contributed by atoms with Crippen LogP contribution in [0.15, 0.2) is 30.6 Å². The molecule has 0 fully saturated rings. The molecule has 148 valence electrons. The number of pyridine rings is 1. The number of nitrogens with one attached hydrogen (secondary N) is 1. The van der Waals surface area contributed by atoms with Crippen LogP contribution in [0.1, 0.15) is 0 Å². The lowest BCUT2D eigenvalue weighted by Crippen LogP contribution is -2.25. The van der Waals surface area contributed by atoms with E-state index in [4.69, 9.17) is 17.3 Å². The van der Waals surface area contributed by atoms with Gasteiger partial charge < -0.3 is 25.3 Å². The molecule has 0 saturated carbocycles. The average molecular weight is 393 g/mol. The topological polar surface area (TPSA) is 98.3 Å². The summed E-state index contributed by atoms with van der Waals surface area (Å²) in [7, 11) is 3.65. The van der Waals surface area contributed by atoms with Gasteiger partial charge in [0.1, 0.15) is 17.0 Å². The molecule has 9 heteroatoms. The van der Waals surface area contributed by atoms with Crippen molar-refractivity contribution in [3.8, 4) is 11.3 Å². The van der Waals surface area contributed by atoms with Crippen molar-refractivity contribution in [1.82, 2.24) is 19.1 Å². The Balaban J connectivity index is 2.10. The van der Waals surface area contributed by atoms with Crippen LogP contribution in [0.3, 0.4) is 0 Å². The van der Waals surface area contributed by atoms with E-state index >= 15 is 0 Å². The third-order valence-electron chi connectivity index (χ3n) is 4.91. The van der Waals surface area contributed by atoms with E-state index < -0.39 is 11.9 Å². The van der Waals surface area contributed by atoms with Gasteiger partial charge in [0, 0.05) is 31.7 Å². The first kappa shape index (κ1) is 18.9. The van der Waals surface area contributed by atoms with Gasteiger partial charge in [0.2, 0.25) is 0 Å². The number of aryl methyl sites for hydroxylation is 1. The predicted octanol–water partition coefficient (Wildman–Crippen LogP) is 2.64. The third-order valence-corrected chi connectivity index (χ3v) is 4.91. The highest BCUT2D eigenvalue weighted by atomic mass is 19.1. The number of nitrogens with two attached hydrogens (primary N) is 1. The minimum Gasteiger partial charge on any atom is -0.390 e. The minimum absolute atomic E-state index is 0.0718. The lowest BCUT2D eigenvalue weighted by atomic mass is 10.1. The fraction of sp³-hybridized carbons (Fsp3) is 0.250. The van der Waals surface area contributed by atoms with Crippen molar-refractivity contribution in [3.05, 3.63) is 47.8 Å². The number of anilines is 1. The molecule has 0 aliphatic carbocycles. The van der Waals surface area contributed by atoms with E-state index in [0.29, 0.717) is 28.2 Å². The smallest absolute Gasteiger partial charge is 0.190 e. The highest BCUT2D eigenvalue weighted by molar-refractivity contribution is 6.07. The van der Waals surface area contributed by atoms with E-state index in [1.807, 2.05) is 22.2 Å². The van der Waals surface area contributed by atoms with Gasteiger partial charge >= 0.3 is 0 Å². The number of halogens is 1. The molecule has 4 aromatic rings. The van der Waals surface area contributed by atoms with Crippen LogP contribution in [0.25, 0.3) is 38.2 Å². The van der Waals surface area contributed by atoms with Gasteiger partial charge in [-0.2, -0.15) is 0 Å². The molecule has 1 unspecified atom stereocenters.